The number of nitrogens with one attached hydrogen (secondary N) is 1. The van der Waals surface area contributed by atoms with E-state index in [-0.39, 0.29) is 11.7 Å². The Morgan fingerprint density at radius 3 is 2.54 bits per heavy atom. The van der Waals surface area contributed by atoms with Crippen LogP contribution in [0, 0.1) is 0 Å². The lowest BCUT2D eigenvalue weighted by Gasteiger charge is -2.11. The standard InChI is InChI=1S/C19H18N4O2S/c1-23(2)15-9-7-13(8-10-15)11-17-18(25)21-19(26-17)22-20-12-14-5-3-4-6-16(14)24/h3-12,24H,1-2H3,(H,21,22,25)/b17-11+,20-12+. The number of phenols is 1. The fourth-order valence-electron chi connectivity index (χ4n) is 2.24. The van der Waals surface area contributed by atoms with Gasteiger partial charge in [-0.25, -0.2) is 0 Å². The minimum atomic E-state index is -0.205. The predicted molar refractivity (Wildman–Crippen MR) is 108 cm³/mol. The molecule has 0 atom stereocenters. The molecule has 26 heavy (non-hydrogen) atoms. The Balaban J connectivity index is 1.71. The average molecular weight is 366 g/mol. The molecular weight excluding hydrogens is 348 g/mol. The number of aromatic hydroxyl groups is 1. The summed E-state index contributed by atoms with van der Waals surface area (Å²) in [6.45, 7) is 0. The Labute approximate surface area is 155 Å². The van der Waals surface area contributed by atoms with Gasteiger partial charge in [-0.2, -0.15) is 5.10 Å². The van der Waals surface area contributed by atoms with Gasteiger partial charge in [-0.1, -0.05) is 24.3 Å². The molecule has 132 valence electrons. The molecule has 0 aliphatic carbocycles. The van der Waals surface area contributed by atoms with Gasteiger partial charge < -0.3 is 10.0 Å². The van der Waals surface area contributed by atoms with Crippen molar-refractivity contribution in [1.29, 1.82) is 0 Å². The summed E-state index contributed by atoms with van der Waals surface area (Å²) in [4.78, 5) is 14.6. The third-order valence-electron chi connectivity index (χ3n) is 3.64. The van der Waals surface area contributed by atoms with Crippen LogP contribution in [0.25, 0.3) is 6.08 Å². The fraction of sp³-hybridized carbons (Fsp3) is 0.105. The molecule has 1 amide bonds. The normalized spacial score (nSPS) is 17.2. The molecule has 2 N–H and O–H groups in total. The largest absolute Gasteiger partial charge is 0.507 e. The van der Waals surface area contributed by atoms with Gasteiger partial charge >= 0.3 is 0 Å². The molecule has 1 saturated heterocycles. The molecule has 0 aromatic heterocycles. The van der Waals surface area contributed by atoms with E-state index < -0.39 is 0 Å². The third kappa shape index (κ3) is 4.31. The molecule has 1 aliphatic rings. The van der Waals surface area contributed by atoms with Crippen molar-refractivity contribution in [2.24, 2.45) is 10.2 Å². The Bertz CT molecular complexity index is 902. The monoisotopic (exact) mass is 366 g/mol. The number of anilines is 1. The maximum Gasteiger partial charge on any atom is 0.264 e. The Morgan fingerprint density at radius 1 is 1.12 bits per heavy atom. The molecule has 2 aromatic rings. The van der Waals surface area contributed by atoms with E-state index in [0.29, 0.717) is 15.6 Å². The number of rotatable bonds is 4. The molecule has 7 heteroatoms. The molecule has 1 fully saturated rings. The van der Waals surface area contributed by atoms with Crippen LogP contribution in [-0.2, 0) is 4.79 Å². The summed E-state index contributed by atoms with van der Waals surface area (Å²) in [6, 6.07) is 14.7. The van der Waals surface area contributed by atoms with Crippen molar-refractivity contribution in [1.82, 2.24) is 5.32 Å². The quantitative estimate of drug-likeness (QED) is 0.495. The van der Waals surface area contributed by atoms with Gasteiger partial charge in [0, 0.05) is 25.3 Å². The zero-order valence-corrected chi connectivity index (χ0v) is 15.2. The lowest BCUT2D eigenvalue weighted by Crippen LogP contribution is -2.19. The van der Waals surface area contributed by atoms with Gasteiger partial charge in [0.05, 0.1) is 11.1 Å². The summed E-state index contributed by atoms with van der Waals surface area (Å²) < 4.78 is 0. The van der Waals surface area contributed by atoms with E-state index in [1.54, 1.807) is 24.3 Å². The number of phenolic OH excluding ortho intramolecular Hbond substituents is 1. The van der Waals surface area contributed by atoms with Gasteiger partial charge in [-0.3, -0.25) is 10.1 Å². The van der Waals surface area contributed by atoms with Gasteiger partial charge in [0.25, 0.3) is 5.91 Å². The number of carbonyl (C=O) groups is 1. The van der Waals surface area contributed by atoms with Crippen LogP contribution in [0.2, 0.25) is 0 Å². The Morgan fingerprint density at radius 2 is 1.85 bits per heavy atom. The van der Waals surface area contributed by atoms with Crippen LogP contribution in [0.5, 0.6) is 5.75 Å². The molecule has 6 nitrogen and oxygen atoms in total. The SMILES string of the molecule is CN(C)c1ccc(/C=C2/S/C(=N/N=C/c3ccccc3O)NC2=O)cc1. The van der Waals surface area contributed by atoms with Crippen LogP contribution in [0.1, 0.15) is 11.1 Å². The van der Waals surface area contributed by atoms with Crippen molar-refractivity contribution in [2.45, 2.75) is 0 Å². The van der Waals surface area contributed by atoms with Crippen molar-refractivity contribution in [3.05, 3.63) is 64.6 Å². The number of hydrogen-bond donors (Lipinski definition) is 2. The molecular formula is C19H18N4O2S. The highest BCUT2D eigenvalue weighted by Crippen LogP contribution is 2.26. The summed E-state index contributed by atoms with van der Waals surface area (Å²) in [7, 11) is 3.96. The van der Waals surface area contributed by atoms with Crippen molar-refractivity contribution in [2.75, 3.05) is 19.0 Å². The lowest BCUT2D eigenvalue weighted by molar-refractivity contribution is -0.115. The topological polar surface area (TPSA) is 77.3 Å². The molecule has 1 aliphatic heterocycles. The number of thioether (sulfide) groups is 1. The van der Waals surface area contributed by atoms with Crippen molar-refractivity contribution in [3.63, 3.8) is 0 Å². The van der Waals surface area contributed by atoms with E-state index in [1.165, 1.54) is 18.0 Å². The van der Waals surface area contributed by atoms with Gasteiger partial charge in [0.2, 0.25) is 0 Å². The molecule has 2 aromatic carbocycles. The van der Waals surface area contributed by atoms with E-state index in [9.17, 15) is 9.90 Å². The van der Waals surface area contributed by atoms with Crippen LogP contribution >= 0.6 is 11.8 Å². The number of benzene rings is 2. The molecule has 1 heterocycles. The summed E-state index contributed by atoms with van der Waals surface area (Å²) in [6.07, 6.45) is 3.26. The van der Waals surface area contributed by atoms with Gasteiger partial charge in [0.1, 0.15) is 5.75 Å². The third-order valence-corrected chi connectivity index (χ3v) is 4.54. The van der Waals surface area contributed by atoms with Crippen molar-refractivity contribution < 1.29 is 9.90 Å². The zero-order chi connectivity index (χ0) is 18.5. The highest BCUT2D eigenvalue weighted by atomic mass is 32.2. The van der Waals surface area contributed by atoms with Crippen LogP contribution in [0.4, 0.5) is 5.69 Å². The fourth-order valence-corrected chi connectivity index (χ4v) is 3.01. The number of para-hydroxylation sites is 1. The first-order valence-corrected chi connectivity index (χ1v) is 8.72. The maximum atomic E-state index is 12.1. The van der Waals surface area contributed by atoms with E-state index in [0.717, 1.165) is 11.3 Å². The predicted octanol–water partition coefficient (Wildman–Crippen LogP) is 3.05. The molecule has 0 radical (unpaired) electrons. The van der Waals surface area contributed by atoms with E-state index >= 15 is 0 Å². The summed E-state index contributed by atoms with van der Waals surface area (Å²) in [5.74, 6) is -0.0792. The Hall–Kier alpha value is -3.06. The first-order valence-electron chi connectivity index (χ1n) is 7.90. The van der Waals surface area contributed by atoms with Crippen LogP contribution in [-0.4, -0.2) is 36.5 Å². The second-order valence-corrected chi connectivity index (χ2v) is 6.79. The lowest BCUT2D eigenvalue weighted by atomic mass is 10.2. The van der Waals surface area contributed by atoms with Crippen LogP contribution < -0.4 is 10.2 Å². The number of amidine groups is 1. The second-order valence-electron chi connectivity index (χ2n) is 5.76. The second kappa shape index (κ2) is 7.88. The molecule has 0 unspecified atom stereocenters. The molecule has 0 saturated carbocycles. The van der Waals surface area contributed by atoms with Gasteiger partial charge in [-0.05, 0) is 47.7 Å². The number of nitrogens with zero attached hydrogens (tertiary/aromatic N) is 3. The van der Waals surface area contributed by atoms with Crippen LogP contribution in [0.3, 0.4) is 0 Å². The number of amides is 1. The van der Waals surface area contributed by atoms with E-state index in [2.05, 4.69) is 15.5 Å². The van der Waals surface area contributed by atoms with Gasteiger partial charge in [-0.15, -0.1) is 5.10 Å². The first-order chi connectivity index (χ1) is 12.5. The molecule has 0 bridgehead atoms. The average Bonchev–Trinajstić information content (AvgIpc) is 2.96. The minimum Gasteiger partial charge on any atom is -0.507 e. The number of hydrogen-bond acceptors (Lipinski definition) is 6. The highest BCUT2D eigenvalue weighted by Gasteiger charge is 2.23. The highest BCUT2D eigenvalue weighted by molar-refractivity contribution is 8.18. The first kappa shape index (κ1) is 17.8. The summed E-state index contributed by atoms with van der Waals surface area (Å²) >= 11 is 1.23. The maximum absolute atomic E-state index is 12.1. The Kier molecular flexibility index (Phi) is 5.38. The van der Waals surface area contributed by atoms with E-state index in [1.807, 2.05) is 49.3 Å². The van der Waals surface area contributed by atoms with Gasteiger partial charge in [0.15, 0.2) is 5.17 Å². The smallest absolute Gasteiger partial charge is 0.264 e. The molecule has 0 spiro atoms. The number of carbonyl (C=O) groups excluding carboxylic acids is 1. The van der Waals surface area contributed by atoms with Crippen LogP contribution in [0.15, 0.2) is 63.6 Å². The van der Waals surface area contributed by atoms with E-state index in [4.69, 9.17) is 0 Å². The zero-order valence-electron chi connectivity index (χ0n) is 14.4. The van der Waals surface area contributed by atoms with Crippen molar-refractivity contribution >= 4 is 40.8 Å². The minimum absolute atomic E-state index is 0.126. The summed E-state index contributed by atoms with van der Waals surface area (Å²) in [5, 5.41) is 20.7. The summed E-state index contributed by atoms with van der Waals surface area (Å²) in [5.41, 5.74) is 2.59. The molecule has 3 rings (SSSR count). The van der Waals surface area contributed by atoms with Crippen molar-refractivity contribution in [3.8, 4) is 5.75 Å².